The second-order valence-electron chi connectivity index (χ2n) is 10.3. The van der Waals surface area contributed by atoms with Crippen LogP contribution in [0.4, 0.5) is 0 Å². The molecule has 3 N–H and O–H groups in total. The number of rotatable bonds is 6. The Hall–Kier alpha value is -2.93. The first-order chi connectivity index (χ1) is 15.8. The van der Waals surface area contributed by atoms with E-state index in [-0.39, 0.29) is 12.6 Å². The first-order valence-corrected chi connectivity index (χ1v) is 12.0. The number of aromatic amines is 1. The molecule has 2 aliphatic rings. The fraction of sp³-hybridized carbons (Fsp3) is 0.500. The number of nitrogens with one attached hydrogen (secondary N) is 2. The Labute approximate surface area is 194 Å². The predicted octanol–water partition coefficient (Wildman–Crippen LogP) is 4.01. The van der Waals surface area contributed by atoms with Crippen LogP contribution in [0.5, 0.6) is 0 Å². The summed E-state index contributed by atoms with van der Waals surface area (Å²) in [5.41, 5.74) is 9.78. The van der Waals surface area contributed by atoms with Crippen LogP contribution < -0.4 is 5.32 Å². The molecule has 0 radical (unpaired) electrons. The van der Waals surface area contributed by atoms with E-state index in [1.807, 2.05) is 0 Å². The summed E-state index contributed by atoms with van der Waals surface area (Å²) in [6.45, 7) is 7.75. The zero-order chi connectivity index (χ0) is 23.2. The molecule has 5 rings (SSSR count). The molecule has 2 heterocycles. The number of aryl methyl sites for hydroxylation is 2. The van der Waals surface area contributed by atoms with Crippen LogP contribution in [0.1, 0.15) is 56.0 Å². The lowest BCUT2D eigenvalue weighted by molar-refractivity contribution is -0.136. The molecule has 0 bridgehead atoms. The normalized spacial score (nSPS) is 19.2. The number of aromatic nitrogens is 4. The van der Waals surface area contributed by atoms with Crippen molar-refractivity contribution in [1.29, 1.82) is 0 Å². The number of hydrogen-bond acceptors (Lipinski definition) is 4. The van der Waals surface area contributed by atoms with E-state index in [2.05, 4.69) is 65.2 Å². The van der Waals surface area contributed by atoms with Crippen molar-refractivity contribution in [3.8, 4) is 22.6 Å². The Bertz CT molecular complexity index is 1190. The molecule has 0 amide bonds. The van der Waals surface area contributed by atoms with Gasteiger partial charge < -0.3 is 10.4 Å². The molecule has 7 nitrogen and oxygen atoms in total. The van der Waals surface area contributed by atoms with Crippen molar-refractivity contribution in [3.63, 3.8) is 0 Å². The lowest BCUT2D eigenvalue weighted by Gasteiger charge is -2.30. The van der Waals surface area contributed by atoms with E-state index in [9.17, 15) is 4.79 Å². The monoisotopic (exact) mass is 447 g/mol. The van der Waals surface area contributed by atoms with Gasteiger partial charge in [-0.2, -0.15) is 10.2 Å². The van der Waals surface area contributed by atoms with Crippen LogP contribution in [0, 0.1) is 5.41 Å². The molecule has 3 aromatic rings. The molecule has 1 aromatic carbocycles. The third-order valence-corrected chi connectivity index (χ3v) is 7.27. The Balaban J connectivity index is 1.38. The molecule has 0 aliphatic heterocycles. The molecule has 0 spiro atoms. The minimum Gasteiger partial charge on any atom is -0.480 e. The second kappa shape index (κ2) is 8.45. The van der Waals surface area contributed by atoms with Gasteiger partial charge in [-0.25, -0.2) is 0 Å². The number of carbonyl (C=O) groups is 1. The van der Waals surface area contributed by atoms with Gasteiger partial charge in [0.05, 0.1) is 17.9 Å². The highest BCUT2D eigenvalue weighted by Crippen LogP contribution is 2.39. The number of benzene rings is 1. The highest BCUT2D eigenvalue weighted by molar-refractivity contribution is 5.70. The summed E-state index contributed by atoms with van der Waals surface area (Å²) in [6.07, 6.45) is 6.07. The first-order valence-electron chi connectivity index (χ1n) is 12.0. The Morgan fingerprint density at radius 3 is 2.91 bits per heavy atom. The highest BCUT2D eigenvalue weighted by Gasteiger charge is 2.31. The van der Waals surface area contributed by atoms with E-state index in [0.717, 1.165) is 61.3 Å². The summed E-state index contributed by atoms with van der Waals surface area (Å²) >= 11 is 0. The number of H-pyrrole nitrogens is 1. The third-order valence-electron chi connectivity index (χ3n) is 7.27. The molecule has 0 saturated heterocycles. The average Bonchev–Trinajstić information content (AvgIpc) is 3.41. The van der Waals surface area contributed by atoms with Gasteiger partial charge in [0.25, 0.3) is 0 Å². The van der Waals surface area contributed by atoms with Crippen molar-refractivity contribution in [2.45, 2.75) is 71.9 Å². The van der Waals surface area contributed by atoms with Gasteiger partial charge in [0.15, 0.2) is 0 Å². The van der Waals surface area contributed by atoms with Crippen LogP contribution in [0.3, 0.4) is 0 Å². The summed E-state index contributed by atoms with van der Waals surface area (Å²) in [6, 6.07) is 8.89. The minimum absolute atomic E-state index is 0.0170. The summed E-state index contributed by atoms with van der Waals surface area (Å²) in [4.78, 5) is 10.8. The van der Waals surface area contributed by atoms with Crippen LogP contribution in [-0.2, 0) is 37.0 Å². The number of nitrogens with zero attached hydrogens (tertiary/aromatic N) is 3. The fourth-order valence-corrected chi connectivity index (χ4v) is 5.39. The van der Waals surface area contributed by atoms with Crippen molar-refractivity contribution in [2.24, 2.45) is 5.41 Å². The summed E-state index contributed by atoms with van der Waals surface area (Å²) in [7, 11) is 0. The van der Waals surface area contributed by atoms with E-state index in [1.54, 1.807) is 0 Å². The number of carboxylic acids is 1. The van der Waals surface area contributed by atoms with Crippen molar-refractivity contribution in [1.82, 2.24) is 25.3 Å². The standard InChI is InChI=1S/C26H33N5O2/c1-4-31-23-14-26(2,3)10-9-20(23)25(30-31)22-13-21(28-29-22)18-6-5-17-12-19(27-15-24(32)33)8-7-16(17)11-18/h5-6,11,13,19,27H,4,7-10,12,14-15H2,1-3H3,(H,28,29)(H,32,33). The molecule has 33 heavy (non-hydrogen) atoms. The van der Waals surface area contributed by atoms with E-state index in [0.29, 0.717) is 5.41 Å². The quantitative estimate of drug-likeness (QED) is 0.531. The van der Waals surface area contributed by atoms with Gasteiger partial charge >= 0.3 is 5.97 Å². The molecule has 2 aliphatic carbocycles. The number of fused-ring (bicyclic) bond motifs is 2. The van der Waals surface area contributed by atoms with Gasteiger partial charge in [-0.15, -0.1) is 0 Å². The maximum atomic E-state index is 10.8. The number of hydrogen-bond donors (Lipinski definition) is 3. The van der Waals surface area contributed by atoms with Gasteiger partial charge in [-0.3, -0.25) is 14.6 Å². The summed E-state index contributed by atoms with van der Waals surface area (Å²) < 4.78 is 2.17. The molecule has 174 valence electrons. The van der Waals surface area contributed by atoms with Crippen molar-refractivity contribution < 1.29 is 9.90 Å². The van der Waals surface area contributed by atoms with Gasteiger partial charge in [-0.1, -0.05) is 26.0 Å². The Morgan fingerprint density at radius 2 is 2.12 bits per heavy atom. The number of carboxylic acid groups (broad SMARTS) is 1. The SMILES string of the molecule is CCn1nc(-c2cc(-c3ccc4c(c3)CCC(NCC(=O)O)C4)n[nH]2)c2c1CC(C)(C)CC2. The van der Waals surface area contributed by atoms with Crippen LogP contribution in [-0.4, -0.2) is 43.6 Å². The van der Waals surface area contributed by atoms with Gasteiger partial charge in [0.1, 0.15) is 5.69 Å². The van der Waals surface area contributed by atoms with Crippen molar-refractivity contribution in [2.75, 3.05) is 6.54 Å². The minimum atomic E-state index is -0.806. The number of aliphatic carboxylic acids is 1. The molecule has 1 atom stereocenters. The van der Waals surface area contributed by atoms with E-state index >= 15 is 0 Å². The molecular weight excluding hydrogens is 414 g/mol. The van der Waals surface area contributed by atoms with Crippen molar-refractivity contribution in [3.05, 3.63) is 46.6 Å². The molecular formula is C26H33N5O2. The smallest absolute Gasteiger partial charge is 0.317 e. The second-order valence-corrected chi connectivity index (χ2v) is 10.3. The molecule has 2 aromatic heterocycles. The maximum absolute atomic E-state index is 10.8. The fourth-order valence-electron chi connectivity index (χ4n) is 5.39. The van der Waals surface area contributed by atoms with Crippen LogP contribution in [0.25, 0.3) is 22.6 Å². The van der Waals surface area contributed by atoms with Crippen LogP contribution >= 0.6 is 0 Å². The summed E-state index contributed by atoms with van der Waals surface area (Å²) in [5, 5.41) is 24.9. The molecule has 7 heteroatoms. The Kier molecular flexibility index (Phi) is 5.60. The van der Waals surface area contributed by atoms with E-state index in [1.165, 1.54) is 28.8 Å². The first kappa shape index (κ1) is 21.9. The van der Waals surface area contributed by atoms with Crippen LogP contribution in [0.2, 0.25) is 0 Å². The third kappa shape index (κ3) is 4.34. The van der Waals surface area contributed by atoms with Crippen molar-refractivity contribution >= 4 is 5.97 Å². The topological polar surface area (TPSA) is 95.8 Å². The maximum Gasteiger partial charge on any atom is 0.317 e. The highest BCUT2D eigenvalue weighted by atomic mass is 16.4. The molecule has 0 saturated carbocycles. The van der Waals surface area contributed by atoms with E-state index < -0.39 is 5.97 Å². The summed E-state index contributed by atoms with van der Waals surface area (Å²) in [5.74, 6) is -0.806. The zero-order valence-corrected chi connectivity index (χ0v) is 19.7. The van der Waals surface area contributed by atoms with Gasteiger partial charge in [0.2, 0.25) is 0 Å². The Morgan fingerprint density at radius 1 is 1.27 bits per heavy atom. The van der Waals surface area contributed by atoms with Crippen LogP contribution in [0.15, 0.2) is 24.3 Å². The largest absolute Gasteiger partial charge is 0.480 e. The lowest BCUT2D eigenvalue weighted by atomic mass is 9.76. The van der Waals surface area contributed by atoms with E-state index in [4.69, 9.17) is 10.2 Å². The van der Waals surface area contributed by atoms with Gasteiger partial charge in [-0.05, 0) is 74.1 Å². The predicted molar refractivity (Wildman–Crippen MR) is 128 cm³/mol. The molecule has 0 fully saturated rings. The molecule has 1 unspecified atom stereocenters. The van der Waals surface area contributed by atoms with Gasteiger partial charge in [0, 0.05) is 29.4 Å². The average molecular weight is 448 g/mol. The zero-order valence-electron chi connectivity index (χ0n) is 19.7. The lowest BCUT2D eigenvalue weighted by Crippen LogP contribution is -2.37.